The molecular formula is C14H9F4NOS. The van der Waals surface area contributed by atoms with Crippen molar-refractivity contribution in [2.45, 2.75) is 10.7 Å². The Kier molecular flexibility index (Phi) is 4.85. The summed E-state index contributed by atoms with van der Waals surface area (Å²) < 4.78 is 51.4. The van der Waals surface area contributed by atoms with Crippen LogP contribution in [0.3, 0.4) is 0 Å². The van der Waals surface area contributed by atoms with Gasteiger partial charge < -0.3 is 5.32 Å². The van der Waals surface area contributed by atoms with Gasteiger partial charge in [0, 0.05) is 4.90 Å². The molecule has 0 unspecified atom stereocenters. The zero-order chi connectivity index (χ0) is 15.4. The Bertz CT molecular complexity index is 663. The molecule has 0 aromatic heterocycles. The second-order valence-electron chi connectivity index (χ2n) is 3.95. The number of carbonyl (C=O) groups is 1. The zero-order valence-electron chi connectivity index (χ0n) is 10.4. The van der Waals surface area contributed by atoms with E-state index < -0.39 is 28.9 Å². The number of para-hydroxylation sites is 1. The van der Waals surface area contributed by atoms with Crippen molar-refractivity contribution in [3.05, 3.63) is 59.7 Å². The van der Waals surface area contributed by atoms with Crippen LogP contribution in [0.25, 0.3) is 0 Å². The molecule has 2 rings (SSSR count). The summed E-state index contributed by atoms with van der Waals surface area (Å²) in [5.41, 5.74) is -0.386. The number of hydrogen-bond acceptors (Lipinski definition) is 2. The molecule has 7 heteroatoms. The largest absolute Gasteiger partial charge is 0.321 e. The third-order valence-electron chi connectivity index (χ3n) is 2.52. The van der Waals surface area contributed by atoms with Gasteiger partial charge in [-0.3, -0.25) is 4.79 Å². The summed E-state index contributed by atoms with van der Waals surface area (Å²) in [5, 5.41) is 2.30. The fourth-order valence-electron chi connectivity index (χ4n) is 1.63. The van der Waals surface area contributed by atoms with E-state index in [1.807, 2.05) is 0 Å². The molecule has 0 radical (unpaired) electrons. The van der Waals surface area contributed by atoms with Crippen molar-refractivity contribution in [1.29, 1.82) is 0 Å². The van der Waals surface area contributed by atoms with Gasteiger partial charge in [-0.2, -0.15) is 8.78 Å². The second-order valence-corrected chi connectivity index (χ2v) is 4.98. The third-order valence-corrected chi connectivity index (χ3v) is 3.31. The fraction of sp³-hybridized carbons (Fsp3) is 0.0714. The Hall–Kier alpha value is -2.02. The Morgan fingerprint density at radius 3 is 2.52 bits per heavy atom. The summed E-state index contributed by atoms with van der Waals surface area (Å²) in [6.45, 7) is 0. The Morgan fingerprint density at radius 1 is 1.10 bits per heavy atom. The molecule has 2 aromatic rings. The lowest BCUT2D eigenvalue weighted by Gasteiger charge is -2.10. The maximum Gasteiger partial charge on any atom is 0.288 e. The van der Waals surface area contributed by atoms with Crippen LogP contribution in [0.4, 0.5) is 23.2 Å². The highest BCUT2D eigenvalue weighted by molar-refractivity contribution is 7.99. The number of alkyl halides is 2. The topological polar surface area (TPSA) is 29.1 Å². The highest BCUT2D eigenvalue weighted by Crippen LogP contribution is 2.31. The highest BCUT2D eigenvalue weighted by atomic mass is 32.2. The van der Waals surface area contributed by atoms with E-state index in [-0.39, 0.29) is 22.3 Å². The molecule has 0 heterocycles. The minimum atomic E-state index is -2.66. The van der Waals surface area contributed by atoms with Crippen molar-refractivity contribution in [3.63, 3.8) is 0 Å². The van der Waals surface area contributed by atoms with Crippen molar-refractivity contribution >= 4 is 23.4 Å². The fourth-order valence-corrected chi connectivity index (χ4v) is 2.22. The molecule has 1 N–H and O–H groups in total. The van der Waals surface area contributed by atoms with Crippen molar-refractivity contribution in [1.82, 2.24) is 0 Å². The first-order valence-corrected chi connectivity index (χ1v) is 6.65. The maximum absolute atomic E-state index is 13.5. The van der Waals surface area contributed by atoms with E-state index in [0.717, 1.165) is 18.2 Å². The van der Waals surface area contributed by atoms with Gasteiger partial charge >= 0.3 is 0 Å². The van der Waals surface area contributed by atoms with Crippen LogP contribution in [0.2, 0.25) is 0 Å². The molecule has 1 amide bonds. The number of carbonyl (C=O) groups excluding carboxylic acids is 1. The molecular weight excluding hydrogens is 306 g/mol. The van der Waals surface area contributed by atoms with E-state index in [1.165, 1.54) is 24.3 Å². The molecule has 0 aliphatic carbocycles. The molecule has 0 atom stereocenters. The monoisotopic (exact) mass is 315 g/mol. The molecule has 0 saturated heterocycles. The average Bonchev–Trinajstić information content (AvgIpc) is 2.43. The van der Waals surface area contributed by atoms with E-state index in [9.17, 15) is 22.4 Å². The number of thioether (sulfide) groups is 1. The van der Waals surface area contributed by atoms with Crippen LogP contribution in [0.15, 0.2) is 47.4 Å². The molecule has 0 bridgehead atoms. The van der Waals surface area contributed by atoms with Crippen molar-refractivity contribution in [2.75, 3.05) is 5.32 Å². The van der Waals surface area contributed by atoms with Gasteiger partial charge in [0.1, 0.15) is 11.6 Å². The van der Waals surface area contributed by atoms with E-state index in [2.05, 4.69) is 5.32 Å². The smallest absolute Gasteiger partial charge is 0.288 e. The van der Waals surface area contributed by atoms with Crippen LogP contribution in [-0.4, -0.2) is 11.7 Å². The summed E-state index contributed by atoms with van der Waals surface area (Å²) in [6.07, 6.45) is 0. The lowest BCUT2D eigenvalue weighted by atomic mass is 10.2. The molecule has 21 heavy (non-hydrogen) atoms. The number of anilines is 1. The van der Waals surface area contributed by atoms with Crippen LogP contribution >= 0.6 is 11.8 Å². The normalized spacial score (nSPS) is 10.7. The van der Waals surface area contributed by atoms with Gasteiger partial charge in [-0.15, -0.1) is 0 Å². The SMILES string of the molecule is O=C(Nc1ccccc1SC(F)F)c1cc(F)ccc1F. The van der Waals surface area contributed by atoms with Gasteiger partial charge in [-0.1, -0.05) is 23.9 Å². The molecule has 0 saturated carbocycles. The first-order chi connectivity index (χ1) is 9.97. The van der Waals surface area contributed by atoms with E-state index in [1.54, 1.807) is 0 Å². The number of rotatable bonds is 4. The third kappa shape index (κ3) is 3.98. The molecule has 0 aliphatic rings. The number of halogens is 4. The molecule has 2 nitrogen and oxygen atoms in total. The van der Waals surface area contributed by atoms with E-state index in [4.69, 9.17) is 0 Å². The Balaban J connectivity index is 2.25. The van der Waals surface area contributed by atoms with Crippen LogP contribution in [0.1, 0.15) is 10.4 Å². The van der Waals surface area contributed by atoms with Crippen LogP contribution < -0.4 is 5.32 Å². The first kappa shape index (κ1) is 15.4. The number of nitrogens with one attached hydrogen (secondary N) is 1. The van der Waals surface area contributed by atoms with Crippen LogP contribution in [0.5, 0.6) is 0 Å². The summed E-state index contributed by atoms with van der Waals surface area (Å²) >= 11 is 0.254. The molecule has 0 fully saturated rings. The minimum absolute atomic E-state index is 0.108. The lowest BCUT2D eigenvalue weighted by Crippen LogP contribution is -2.14. The van der Waals surface area contributed by atoms with Crippen molar-refractivity contribution in [2.24, 2.45) is 0 Å². The predicted molar refractivity (Wildman–Crippen MR) is 72.6 cm³/mol. The number of hydrogen-bond donors (Lipinski definition) is 1. The molecule has 2 aromatic carbocycles. The van der Waals surface area contributed by atoms with Gasteiger partial charge in [0.05, 0.1) is 11.3 Å². The summed E-state index contributed by atoms with van der Waals surface area (Å²) in [5.74, 6) is -5.23. The van der Waals surface area contributed by atoms with Crippen LogP contribution in [-0.2, 0) is 0 Å². The predicted octanol–water partition coefficient (Wildman–Crippen LogP) is 4.53. The Labute approximate surface area is 122 Å². The second kappa shape index (κ2) is 6.62. The van der Waals surface area contributed by atoms with E-state index >= 15 is 0 Å². The number of amides is 1. The van der Waals surface area contributed by atoms with Crippen molar-refractivity contribution < 1.29 is 22.4 Å². The van der Waals surface area contributed by atoms with Crippen molar-refractivity contribution in [3.8, 4) is 0 Å². The Morgan fingerprint density at radius 2 is 1.81 bits per heavy atom. The number of benzene rings is 2. The minimum Gasteiger partial charge on any atom is -0.321 e. The van der Waals surface area contributed by atoms with Gasteiger partial charge in [0.2, 0.25) is 0 Å². The summed E-state index contributed by atoms with van der Waals surface area (Å²) in [6, 6.07) is 8.31. The average molecular weight is 315 g/mol. The first-order valence-electron chi connectivity index (χ1n) is 5.77. The summed E-state index contributed by atoms with van der Waals surface area (Å²) in [4.78, 5) is 12.0. The van der Waals surface area contributed by atoms with Gasteiger partial charge in [0.25, 0.3) is 11.7 Å². The van der Waals surface area contributed by atoms with E-state index in [0.29, 0.717) is 0 Å². The van der Waals surface area contributed by atoms with Gasteiger partial charge in [0.15, 0.2) is 0 Å². The van der Waals surface area contributed by atoms with Gasteiger partial charge in [-0.25, -0.2) is 8.78 Å². The van der Waals surface area contributed by atoms with Gasteiger partial charge in [-0.05, 0) is 30.3 Å². The quantitative estimate of drug-likeness (QED) is 0.663. The summed E-state index contributed by atoms with van der Waals surface area (Å²) in [7, 11) is 0. The lowest BCUT2D eigenvalue weighted by molar-refractivity contribution is 0.102. The zero-order valence-corrected chi connectivity index (χ0v) is 11.3. The molecule has 110 valence electrons. The maximum atomic E-state index is 13.5. The highest BCUT2D eigenvalue weighted by Gasteiger charge is 2.16. The molecule has 0 spiro atoms. The standard InChI is InChI=1S/C14H9F4NOS/c15-8-5-6-10(16)9(7-8)13(20)19-11-3-1-2-4-12(11)21-14(17)18/h1-7,14H,(H,19,20). The van der Waals surface area contributed by atoms with Crippen LogP contribution in [0, 0.1) is 11.6 Å². The molecule has 0 aliphatic heterocycles.